The lowest BCUT2D eigenvalue weighted by molar-refractivity contribution is 0.715. The number of benzene rings is 4. The van der Waals surface area contributed by atoms with Gasteiger partial charge in [-0.15, -0.1) is 0 Å². The van der Waals surface area contributed by atoms with Gasteiger partial charge in [-0.05, 0) is 83.4 Å². The van der Waals surface area contributed by atoms with Crippen molar-refractivity contribution in [3.05, 3.63) is 102 Å². The van der Waals surface area contributed by atoms with E-state index in [0.717, 1.165) is 0 Å². The highest BCUT2D eigenvalue weighted by Crippen LogP contribution is 2.60. The monoisotopic (exact) mass is 576 g/mol. The van der Waals surface area contributed by atoms with E-state index >= 15 is 0 Å². The van der Waals surface area contributed by atoms with Crippen LogP contribution in [0.2, 0.25) is 0 Å². The van der Waals surface area contributed by atoms with Gasteiger partial charge < -0.3 is 0 Å². The standard InChI is InChI=1S/C41H53P/c1-27(2)34-37(30-21-15-13-16-22-30)35(28(3)4)39(36(29(5)6)38(34)31-23-17-14-18-24-31)32-25-19-20-26-33(32)42(40(7,8)9)41(10,11)12/h13-29H,1-12H3. The second-order valence-corrected chi connectivity index (χ2v) is 18.6. The molecule has 0 aliphatic carbocycles. The van der Waals surface area contributed by atoms with Gasteiger partial charge in [-0.25, -0.2) is 0 Å². The number of hydrogen-bond donors (Lipinski definition) is 0. The van der Waals surface area contributed by atoms with Gasteiger partial charge in [-0.1, -0.05) is 176 Å². The van der Waals surface area contributed by atoms with Crippen LogP contribution in [0.3, 0.4) is 0 Å². The van der Waals surface area contributed by atoms with E-state index in [9.17, 15) is 0 Å². The maximum Gasteiger partial charge on any atom is -0.00956 e. The summed E-state index contributed by atoms with van der Waals surface area (Å²) in [7, 11) is -0.493. The Bertz CT molecular complexity index is 1410. The summed E-state index contributed by atoms with van der Waals surface area (Å²) >= 11 is 0. The molecular weight excluding hydrogens is 523 g/mol. The van der Waals surface area contributed by atoms with E-state index < -0.39 is 7.92 Å². The van der Waals surface area contributed by atoms with Crippen molar-refractivity contribution in [2.75, 3.05) is 0 Å². The minimum atomic E-state index is -0.493. The fraction of sp³-hybridized carbons (Fsp3) is 0.415. The molecule has 0 unspecified atom stereocenters. The van der Waals surface area contributed by atoms with Crippen molar-refractivity contribution >= 4 is 13.2 Å². The van der Waals surface area contributed by atoms with Crippen LogP contribution in [-0.2, 0) is 0 Å². The molecule has 0 fully saturated rings. The van der Waals surface area contributed by atoms with E-state index in [1.165, 1.54) is 55.4 Å². The zero-order valence-electron chi connectivity index (χ0n) is 28.3. The van der Waals surface area contributed by atoms with E-state index in [1.54, 1.807) is 0 Å². The van der Waals surface area contributed by atoms with Gasteiger partial charge in [0.1, 0.15) is 0 Å². The van der Waals surface area contributed by atoms with Crippen LogP contribution in [0.15, 0.2) is 84.9 Å². The molecule has 0 aliphatic rings. The summed E-state index contributed by atoms with van der Waals surface area (Å²) in [5.41, 5.74) is 12.9. The molecule has 0 spiro atoms. The van der Waals surface area contributed by atoms with E-state index in [2.05, 4.69) is 168 Å². The third-order valence-corrected chi connectivity index (χ3v) is 11.8. The first-order valence-electron chi connectivity index (χ1n) is 15.9. The van der Waals surface area contributed by atoms with Gasteiger partial charge in [0.25, 0.3) is 0 Å². The summed E-state index contributed by atoms with van der Waals surface area (Å²) in [6, 6.07) is 31.8. The average molecular weight is 577 g/mol. The highest BCUT2D eigenvalue weighted by molar-refractivity contribution is 7.68. The van der Waals surface area contributed by atoms with Crippen molar-refractivity contribution in [3.8, 4) is 33.4 Å². The number of rotatable bonds is 7. The Morgan fingerprint density at radius 3 is 1.12 bits per heavy atom. The molecule has 0 nitrogen and oxygen atoms in total. The van der Waals surface area contributed by atoms with Crippen molar-refractivity contribution in [1.29, 1.82) is 0 Å². The summed E-state index contributed by atoms with van der Waals surface area (Å²) in [6.07, 6.45) is 0. The summed E-state index contributed by atoms with van der Waals surface area (Å²) in [4.78, 5) is 0. The molecule has 4 aromatic carbocycles. The lowest BCUT2D eigenvalue weighted by Crippen LogP contribution is -2.32. The Morgan fingerprint density at radius 1 is 0.429 bits per heavy atom. The van der Waals surface area contributed by atoms with Crippen LogP contribution in [0.25, 0.3) is 33.4 Å². The van der Waals surface area contributed by atoms with E-state index in [4.69, 9.17) is 0 Å². The van der Waals surface area contributed by atoms with Gasteiger partial charge in [0.15, 0.2) is 0 Å². The molecule has 4 aromatic rings. The van der Waals surface area contributed by atoms with E-state index in [1.807, 2.05) is 0 Å². The van der Waals surface area contributed by atoms with Crippen LogP contribution in [0.5, 0.6) is 0 Å². The quantitative estimate of drug-likeness (QED) is 0.192. The lowest BCUT2D eigenvalue weighted by atomic mass is 9.72. The molecule has 0 heterocycles. The Balaban J connectivity index is 2.36. The smallest absolute Gasteiger partial charge is 0.00956 e. The molecule has 0 aromatic heterocycles. The maximum absolute atomic E-state index is 2.45. The van der Waals surface area contributed by atoms with Crippen LogP contribution in [0.4, 0.5) is 0 Å². The summed E-state index contributed by atoms with van der Waals surface area (Å²) in [5.74, 6) is 1.09. The second kappa shape index (κ2) is 12.5. The fourth-order valence-corrected chi connectivity index (χ4v) is 11.4. The first-order valence-corrected chi connectivity index (χ1v) is 17.2. The third-order valence-electron chi connectivity index (χ3n) is 8.23. The Hall–Kier alpha value is -2.69. The molecule has 0 bridgehead atoms. The van der Waals surface area contributed by atoms with Crippen molar-refractivity contribution in [2.24, 2.45) is 0 Å². The van der Waals surface area contributed by atoms with Crippen molar-refractivity contribution in [1.82, 2.24) is 0 Å². The largest absolute Gasteiger partial charge is 0.0636 e. The van der Waals surface area contributed by atoms with Gasteiger partial charge in [0.05, 0.1) is 0 Å². The molecule has 0 N–H and O–H groups in total. The topological polar surface area (TPSA) is 0 Å². The molecule has 0 saturated heterocycles. The van der Waals surface area contributed by atoms with Crippen LogP contribution >= 0.6 is 7.92 Å². The first-order chi connectivity index (χ1) is 19.7. The summed E-state index contributed by atoms with van der Waals surface area (Å²) in [5, 5.41) is 1.87. The minimum Gasteiger partial charge on any atom is -0.0636 e. The molecule has 222 valence electrons. The van der Waals surface area contributed by atoms with Crippen LogP contribution in [0, 0.1) is 0 Å². The van der Waals surface area contributed by atoms with Crippen LogP contribution in [-0.4, -0.2) is 10.3 Å². The van der Waals surface area contributed by atoms with E-state index in [0.29, 0.717) is 17.8 Å². The molecule has 0 saturated carbocycles. The highest BCUT2D eigenvalue weighted by atomic mass is 31.1. The molecule has 0 atom stereocenters. The average Bonchev–Trinajstić information content (AvgIpc) is 2.91. The maximum atomic E-state index is 2.45. The summed E-state index contributed by atoms with van der Waals surface area (Å²) < 4.78 is 0. The zero-order chi connectivity index (χ0) is 31.0. The minimum absolute atomic E-state index is 0.169. The SMILES string of the molecule is CC(C)c1c(-c2ccccc2)c(C(C)C)c(-c2ccccc2P(C(C)(C)C)C(C)(C)C)c(C(C)C)c1-c1ccccc1. The molecule has 0 radical (unpaired) electrons. The predicted molar refractivity (Wildman–Crippen MR) is 191 cm³/mol. The third kappa shape index (κ3) is 6.31. The van der Waals surface area contributed by atoms with Crippen molar-refractivity contribution in [3.63, 3.8) is 0 Å². The molecule has 0 amide bonds. The normalized spacial score (nSPS) is 12.7. The Morgan fingerprint density at radius 2 is 0.762 bits per heavy atom. The van der Waals surface area contributed by atoms with E-state index in [-0.39, 0.29) is 10.3 Å². The summed E-state index contributed by atoms with van der Waals surface area (Å²) in [6.45, 7) is 29.0. The predicted octanol–water partition coefficient (Wildman–Crippen LogP) is 12.8. The van der Waals surface area contributed by atoms with Crippen molar-refractivity contribution < 1.29 is 0 Å². The number of hydrogen-bond acceptors (Lipinski definition) is 0. The molecular formula is C41H53P. The van der Waals surface area contributed by atoms with Gasteiger partial charge in [-0.2, -0.15) is 0 Å². The van der Waals surface area contributed by atoms with Gasteiger partial charge in [0.2, 0.25) is 0 Å². The van der Waals surface area contributed by atoms with Crippen LogP contribution < -0.4 is 5.30 Å². The van der Waals surface area contributed by atoms with Gasteiger partial charge in [-0.3, -0.25) is 0 Å². The molecule has 42 heavy (non-hydrogen) atoms. The second-order valence-electron chi connectivity index (χ2n) is 14.8. The van der Waals surface area contributed by atoms with Crippen molar-refractivity contribution in [2.45, 2.75) is 111 Å². The fourth-order valence-electron chi connectivity index (χ4n) is 7.27. The molecule has 0 aliphatic heterocycles. The highest BCUT2D eigenvalue weighted by Gasteiger charge is 2.38. The zero-order valence-corrected chi connectivity index (χ0v) is 29.2. The van der Waals surface area contributed by atoms with Gasteiger partial charge >= 0.3 is 0 Å². The first kappa shape index (κ1) is 32.2. The Kier molecular flexibility index (Phi) is 9.59. The van der Waals surface area contributed by atoms with Gasteiger partial charge in [0, 0.05) is 0 Å². The molecule has 4 rings (SSSR count). The Labute approximate surface area is 258 Å². The van der Waals surface area contributed by atoms with Crippen LogP contribution in [0.1, 0.15) is 118 Å². The molecule has 1 heteroatoms. The lowest BCUT2D eigenvalue weighted by Gasteiger charge is -2.43.